The van der Waals surface area contributed by atoms with E-state index in [-0.39, 0.29) is 11.7 Å². The molecule has 0 aromatic carbocycles. The van der Waals surface area contributed by atoms with Crippen LogP contribution in [-0.2, 0) is 4.79 Å². The zero-order valence-electron chi connectivity index (χ0n) is 11.8. The molecular weight excluding hydrogens is 242 g/mol. The summed E-state index contributed by atoms with van der Waals surface area (Å²) in [4.78, 5) is 31.5. The number of likely N-dealkylation sites (N-methyl/N-ethyl adjacent to an activating group) is 1. The van der Waals surface area contributed by atoms with Crippen LogP contribution in [0.2, 0.25) is 0 Å². The summed E-state index contributed by atoms with van der Waals surface area (Å²) in [5, 5.41) is 0. The van der Waals surface area contributed by atoms with Gasteiger partial charge < -0.3 is 9.80 Å². The molecule has 102 valence electrons. The van der Waals surface area contributed by atoms with Crippen LogP contribution in [0.1, 0.15) is 31.1 Å². The molecule has 0 spiro atoms. The lowest BCUT2D eigenvalue weighted by molar-refractivity contribution is -0.136. The Bertz CT molecular complexity index is 508. The summed E-state index contributed by atoms with van der Waals surface area (Å²) in [7, 11) is 1.81. The second-order valence-electron chi connectivity index (χ2n) is 5.40. The van der Waals surface area contributed by atoms with Gasteiger partial charge in [0.15, 0.2) is 5.78 Å². The Labute approximate surface area is 113 Å². The number of anilines is 1. The lowest BCUT2D eigenvalue weighted by Crippen LogP contribution is -2.62. The van der Waals surface area contributed by atoms with Crippen LogP contribution in [0.25, 0.3) is 0 Å². The second-order valence-corrected chi connectivity index (χ2v) is 5.40. The van der Waals surface area contributed by atoms with Crippen molar-refractivity contribution in [1.82, 2.24) is 9.88 Å². The normalized spacial score (nSPS) is 18.6. The molecule has 2 heterocycles. The molecule has 0 unspecified atom stereocenters. The van der Waals surface area contributed by atoms with Crippen molar-refractivity contribution < 1.29 is 9.59 Å². The SMILES string of the molecule is CC(=O)c1ccc(N2CCN(C)C(=O)C2(C)C)nc1. The Balaban J connectivity index is 2.31. The van der Waals surface area contributed by atoms with E-state index in [4.69, 9.17) is 0 Å². The van der Waals surface area contributed by atoms with Crippen molar-refractivity contribution in [3.8, 4) is 0 Å². The number of carbonyl (C=O) groups is 2. The Morgan fingerprint density at radius 1 is 1.32 bits per heavy atom. The Morgan fingerprint density at radius 3 is 2.53 bits per heavy atom. The molecule has 1 aliphatic heterocycles. The fourth-order valence-corrected chi connectivity index (χ4v) is 2.37. The fraction of sp³-hybridized carbons (Fsp3) is 0.500. The maximum absolute atomic E-state index is 12.2. The third-order valence-electron chi connectivity index (χ3n) is 3.63. The number of aromatic nitrogens is 1. The molecule has 0 aliphatic carbocycles. The van der Waals surface area contributed by atoms with Crippen molar-refractivity contribution in [2.45, 2.75) is 26.3 Å². The highest BCUT2D eigenvalue weighted by Crippen LogP contribution is 2.26. The van der Waals surface area contributed by atoms with Crippen molar-refractivity contribution >= 4 is 17.5 Å². The van der Waals surface area contributed by atoms with Crippen LogP contribution < -0.4 is 4.90 Å². The molecule has 19 heavy (non-hydrogen) atoms. The number of hydrogen-bond acceptors (Lipinski definition) is 4. The molecule has 1 amide bonds. The largest absolute Gasteiger partial charge is 0.342 e. The van der Waals surface area contributed by atoms with E-state index in [1.165, 1.54) is 6.92 Å². The van der Waals surface area contributed by atoms with Crippen LogP contribution in [0.5, 0.6) is 0 Å². The first-order valence-corrected chi connectivity index (χ1v) is 6.34. The molecule has 5 nitrogen and oxygen atoms in total. The highest BCUT2D eigenvalue weighted by atomic mass is 16.2. The molecule has 0 atom stereocenters. The number of piperazine rings is 1. The van der Waals surface area contributed by atoms with Crippen LogP contribution >= 0.6 is 0 Å². The lowest BCUT2D eigenvalue weighted by Gasteiger charge is -2.45. The molecule has 0 bridgehead atoms. The number of nitrogens with zero attached hydrogens (tertiary/aromatic N) is 3. The summed E-state index contributed by atoms with van der Waals surface area (Å²) in [6, 6.07) is 3.56. The summed E-state index contributed by atoms with van der Waals surface area (Å²) in [6.07, 6.45) is 1.57. The Morgan fingerprint density at radius 2 is 2.00 bits per heavy atom. The van der Waals surface area contributed by atoms with Crippen LogP contribution in [-0.4, -0.2) is 47.3 Å². The molecule has 5 heteroatoms. The first kappa shape index (κ1) is 13.5. The quantitative estimate of drug-likeness (QED) is 0.754. The summed E-state index contributed by atoms with van der Waals surface area (Å²) < 4.78 is 0. The van der Waals surface area contributed by atoms with E-state index in [9.17, 15) is 9.59 Å². The van der Waals surface area contributed by atoms with E-state index in [0.717, 1.165) is 12.4 Å². The minimum absolute atomic E-state index is 0.00670. The van der Waals surface area contributed by atoms with E-state index in [2.05, 4.69) is 4.98 Å². The topological polar surface area (TPSA) is 53.5 Å². The summed E-state index contributed by atoms with van der Waals surface area (Å²) in [5.41, 5.74) is -0.0282. The molecular formula is C14H19N3O2. The third-order valence-corrected chi connectivity index (χ3v) is 3.63. The van der Waals surface area contributed by atoms with Gasteiger partial charge in [-0.25, -0.2) is 4.98 Å². The van der Waals surface area contributed by atoms with Crippen LogP contribution in [0.4, 0.5) is 5.82 Å². The lowest BCUT2D eigenvalue weighted by atomic mass is 9.97. The molecule has 1 fully saturated rings. The molecule has 1 aromatic heterocycles. The minimum atomic E-state index is -0.613. The van der Waals surface area contributed by atoms with Crippen molar-refractivity contribution in [1.29, 1.82) is 0 Å². The highest BCUT2D eigenvalue weighted by Gasteiger charge is 2.41. The van der Waals surface area contributed by atoms with Gasteiger partial charge in [-0.2, -0.15) is 0 Å². The van der Waals surface area contributed by atoms with Gasteiger partial charge in [-0.3, -0.25) is 9.59 Å². The molecule has 0 N–H and O–H groups in total. The van der Waals surface area contributed by atoms with Crippen molar-refractivity contribution in [3.05, 3.63) is 23.9 Å². The maximum Gasteiger partial charge on any atom is 0.247 e. The van der Waals surface area contributed by atoms with Crippen molar-refractivity contribution in [2.24, 2.45) is 0 Å². The van der Waals surface area contributed by atoms with Crippen LogP contribution in [0.15, 0.2) is 18.3 Å². The maximum atomic E-state index is 12.2. The predicted molar refractivity (Wildman–Crippen MR) is 73.3 cm³/mol. The van der Waals surface area contributed by atoms with Crippen molar-refractivity contribution in [2.75, 3.05) is 25.0 Å². The number of amides is 1. The van der Waals surface area contributed by atoms with E-state index in [0.29, 0.717) is 12.1 Å². The number of hydrogen-bond donors (Lipinski definition) is 0. The van der Waals surface area contributed by atoms with Crippen LogP contribution in [0.3, 0.4) is 0 Å². The molecule has 0 saturated carbocycles. The van der Waals surface area contributed by atoms with Gasteiger partial charge in [-0.1, -0.05) is 0 Å². The van der Waals surface area contributed by atoms with Gasteiger partial charge in [0.2, 0.25) is 5.91 Å². The van der Waals surface area contributed by atoms with Gasteiger partial charge in [0, 0.05) is 31.9 Å². The van der Waals surface area contributed by atoms with Crippen molar-refractivity contribution in [3.63, 3.8) is 0 Å². The standard InChI is InChI=1S/C14H19N3O2/c1-10(18)11-5-6-12(15-9-11)17-8-7-16(4)13(19)14(17,2)3/h5-6,9H,7-8H2,1-4H3. The Kier molecular flexibility index (Phi) is 3.30. The molecule has 2 rings (SSSR count). The van der Waals surface area contributed by atoms with Gasteiger partial charge >= 0.3 is 0 Å². The average Bonchev–Trinajstić information content (AvgIpc) is 2.36. The molecule has 1 saturated heterocycles. The first-order valence-electron chi connectivity index (χ1n) is 6.34. The predicted octanol–water partition coefficient (Wildman–Crippen LogP) is 1.34. The van der Waals surface area contributed by atoms with E-state index in [1.807, 2.05) is 25.8 Å². The number of ketones is 1. The number of Topliss-reactive ketones (excluding diaryl/α,β-unsaturated/α-hetero) is 1. The van der Waals surface area contributed by atoms with E-state index >= 15 is 0 Å². The molecule has 1 aromatic rings. The van der Waals surface area contributed by atoms with E-state index < -0.39 is 5.54 Å². The van der Waals surface area contributed by atoms with Gasteiger partial charge in [-0.15, -0.1) is 0 Å². The zero-order chi connectivity index (χ0) is 14.2. The van der Waals surface area contributed by atoms with Gasteiger partial charge in [-0.05, 0) is 32.9 Å². The number of pyridine rings is 1. The fourth-order valence-electron chi connectivity index (χ4n) is 2.37. The third kappa shape index (κ3) is 2.32. The minimum Gasteiger partial charge on any atom is -0.342 e. The zero-order valence-corrected chi connectivity index (χ0v) is 11.8. The van der Waals surface area contributed by atoms with E-state index in [1.54, 1.807) is 23.2 Å². The summed E-state index contributed by atoms with van der Waals surface area (Å²) in [5.74, 6) is 0.806. The van der Waals surface area contributed by atoms with Gasteiger partial charge in [0.05, 0.1) is 0 Å². The molecule has 1 aliphatic rings. The average molecular weight is 261 g/mol. The number of carbonyl (C=O) groups excluding carboxylic acids is 2. The smallest absolute Gasteiger partial charge is 0.247 e. The number of rotatable bonds is 2. The van der Waals surface area contributed by atoms with Gasteiger partial charge in [0.25, 0.3) is 0 Å². The Hall–Kier alpha value is -1.91. The summed E-state index contributed by atoms with van der Waals surface area (Å²) >= 11 is 0. The monoisotopic (exact) mass is 261 g/mol. The van der Waals surface area contributed by atoms with Crippen LogP contribution in [0, 0.1) is 0 Å². The highest BCUT2D eigenvalue weighted by molar-refractivity contribution is 5.94. The molecule has 0 radical (unpaired) electrons. The van der Waals surface area contributed by atoms with Gasteiger partial charge in [0.1, 0.15) is 11.4 Å². The summed E-state index contributed by atoms with van der Waals surface area (Å²) in [6.45, 7) is 6.72. The first-order chi connectivity index (χ1) is 8.84. The second kappa shape index (κ2) is 4.64.